The second-order valence-corrected chi connectivity index (χ2v) is 8.50. The van der Waals surface area contributed by atoms with E-state index in [1.807, 2.05) is 58.8 Å². The van der Waals surface area contributed by atoms with E-state index >= 15 is 0 Å². The molecule has 1 aromatic heterocycles. The molecule has 2 aliphatic rings. The number of methoxy groups -OCH3 is 2. The summed E-state index contributed by atoms with van der Waals surface area (Å²) in [4.78, 5) is 20.3. The van der Waals surface area contributed by atoms with Crippen molar-refractivity contribution in [2.24, 2.45) is 0 Å². The molecule has 9 heteroatoms. The van der Waals surface area contributed by atoms with Crippen LogP contribution >= 0.6 is 0 Å². The molecule has 38 heavy (non-hydrogen) atoms. The number of aromatic nitrogens is 1. The highest BCUT2D eigenvalue weighted by Crippen LogP contribution is 2.39. The first-order chi connectivity index (χ1) is 18.3. The SMILES string of the molecule is CC.CC.COCC1=C(C(O)C=O)C=C2c3nc4ccc(O)c(CN(C)C)c4cc3CN2C1.COCCF. The summed E-state index contributed by atoms with van der Waals surface area (Å²) in [6, 6.07) is 5.60. The van der Waals surface area contributed by atoms with Gasteiger partial charge in [-0.3, -0.25) is 0 Å². The highest BCUT2D eigenvalue weighted by molar-refractivity contribution is 5.88. The first-order valence-electron chi connectivity index (χ1n) is 13.0. The smallest absolute Gasteiger partial charge is 0.153 e. The van der Waals surface area contributed by atoms with Gasteiger partial charge < -0.3 is 34.3 Å². The second-order valence-electron chi connectivity index (χ2n) is 8.50. The number of halogens is 1. The van der Waals surface area contributed by atoms with Crippen molar-refractivity contribution < 1.29 is 28.9 Å². The van der Waals surface area contributed by atoms with Crippen molar-refractivity contribution in [1.82, 2.24) is 14.8 Å². The number of aliphatic hydroxyl groups is 1. The zero-order valence-electron chi connectivity index (χ0n) is 24.0. The number of fused-ring (bicyclic) bond motifs is 4. The molecule has 2 aromatic rings. The summed E-state index contributed by atoms with van der Waals surface area (Å²) in [7, 11) is 7.00. The molecule has 0 saturated carbocycles. The molecule has 2 aliphatic heterocycles. The van der Waals surface area contributed by atoms with Gasteiger partial charge in [0.2, 0.25) is 0 Å². The van der Waals surface area contributed by atoms with E-state index in [-0.39, 0.29) is 19.0 Å². The quantitative estimate of drug-likeness (QED) is 0.484. The van der Waals surface area contributed by atoms with E-state index in [1.54, 1.807) is 13.2 Å². The molecule has 0 spiro atoms. The Bertz CT molecular complexity index is 1100. The lowest BCUT2D eigenvalue weighted by molar-refractivity contribution is -0.113. The predicted molar refractivity (Wildman–Crippen MR) is 151 cm³/mol. The van der Waals surface area contributed by atoms with Crippen LogP contribution in [-0.2, 0) is 27.4 Å². The lowest BCUT2D eigenvalue weighted by atomic mass is 9.97. The number of phenols is 1. The van der Waals surface area contributed by atoms with Gasteiger partial charge in [-0.25, -0.2) is 9.37 Å². The highest BCUT2D eigenvalue weighted by atomic mass is 19.1. The van der Waals surface area contributed by atoms with Gasteiger partial charge in [0.05, 0.1) is 30.1 Å². The minimum Gasteiger partial charge on any atom is -0.508 e. The van der Waals surface area contributed by atoms with E-state index in [0.29, 0.717) is 38.1 Å². The van der Waals surface area contributed by atoms with Gasteiger partial charge in [0, 0.05) is 44.8 Å². The van der Waals surface area contributed by atoms with Crippen molar-refractivity contribution in [2.75, 3.05) is 54.7 Å². The number of aliphatic hydroxyl groups excluding tert-OH is 1. The number of carbonyl (C=O) groups excluding carboxylic acids is 1. The summed E-state index contributed by atoms with van der Waals surface area (Å²) in [5.74, 6) is 0.267. The third-order valence-corrected chi connectivity index (χ3v) is 5.71. The van der Waals surface area contributed by atoms with Crippen molar-refractivity contribution in [1.29, 1.82) is 0 Å². The Labute approximate surface area is 226 Å². The van der Waals surface area contributed by atoms with Crippen LogP contribution in [-0.4, -0.2) is 92.1 Å². The number of aldehydes is 1. The van der Waals surface area contributed by atoms with Crippen molar-refractivity contribution >= 4 is 22.9 Å². The third-order valence-electron chi connectivity index (χ3n) is 5.71. The number of ether oxygens (including phenoxy) is 2. The number of hydrogen-bond donors (Lipinski definition) is 2. The molecule has 0 aliphatic carbocycles. The summed E-state index contributed by atoms with van der Waals surface area (Å²) in [6.45, 7) is 10.1. The molecule has 0 amide bonds. The van der Waals surface area contributed by atoms with Gasteiger partial charge in [0.15, 0.2) is 6.29 Å². The van der Waals surface area contributed by atoms with Crippen molar-refractivity contribution in [3.63, 3.8) is 0 Å². The van der Waals surface area contributed by atoms with Crippen LogP contribution in [0.25, 0.3) is 16.6 Å². The number of pyridine rings is 1. The van der Waals surface area contributed by atoms with Crippen LogP contribution in [0.1, 0.15) is 44.5 Å². The molecule has 1 aromatic carbocycles. The number of nitrogens with zero attached hydrogens (tertiary/aromatic N) is 3. The molecule has 8 nitrogen and oxygen atoms in total. The minimum atomic E-state index is -1.18. The van der Waals surface area contributed by atoms with Crippen molar-refractivity contribution in [3.05, 3.63) is 52.2 Å². The Hall–Kier alpha value is -2.85. The van der Waals surface area contributed by atoms with Gasteiger partial charge in [-0.15, -0.1) is 0 Å². The molecular weight excluding hydrogens is 489 g/mol. The van der Waals surface area contributed by atoms with Crippen LogP contribution in [0.3, 0.4) is 0 Å². The van der Waals surface area contributed by atoms with Gasteiger partial charge >= 0.3 is 0 Å². The van der Waals surface area contributed by atoms with Crippen LogP contribution in [0.5, 0.6) is 5.75 Å². The Morgan fingerprint density at radius 3 is 2.37 bits per heavy atom. The molecule has 4 rings (SSSR count). The highest BCUT2D eigenvalue weighted by Gasteiger charge is 2.32. The summed E-state index contributed by atoms with van der Waals surface area (Å²) in [6.07, 6.45) is 1.21. The maximum absolute atomic E-state index is 11.2. The van der Waals surface area contributed by atoms with Gasteiger partial charge in [0.25, 0.3) is 0 Å². The number of phenolic OH excluding ortho intramolecular Hbond substituents is 1. The summed E-state index contributed by atoms with van der Waals surface area (Å²) >= 11 is 0. The monoisotopic (exact) mass is 533 g/mol. The lowest BCUT2D eigenvalue weighted by Crippen LogP contribution is -2.28. The average molecular weight is 534 g/mol. The molecule has 1 unspecified atom stereocenters. The fraction of sp³-hybridized carbons (Fsp3) is 0.517. The van der Waals surface area contributed by atoms with Crippen molar-refractivity contribution in [3.8, 4) is 5.75 Å². The minimum absolute atomic E-state index is 0.222. The first-order valence-corrected chi connectivity index (χ1v) is 13.0. The Kier molecular flexibility index (Phi) is 14.7. The van der Waals surface area contributed by atoms with E-state index in [1.165, 1.54) is 7.11 Å². The average Bonchev–Trinajstić information content (AvgIpc) is 3.27. The summed E-state index contributed by atoms with van der Waals surface area (Å²) in [5, 5.41) is 21.5. The van der Waals surface area contributed by atoms with Crippen molar-refractivity contribution in [2.45, 2.75) is 46.9 Å². The van der Waals surface area contributed by atoms with Crippen LogP contribution in [0.15, 0.2) is 35.4 Å². The molecule has 0 radical (unpaired) electrons. The van der Waals surface area contributed by atoms with Gasteiger partial charge in [-0.05, 0) is 55.1 Å². The van der Waals surface area contributed by atoms with Gasteiger partial charge in [-0.2, -0.15) is 0 Å². The maximum atomic E-state index is 11.2. The van der Waals surface area contributed by atoms with E-state index in [0.717, 1.165) is 39.0 Å². The molecule has 0 fully saturated rings. The number of hydrogen-bond acceptors (Lipinski definition) is 8. The molecule has 1 atom stereocenters. The first kappa shape index (κ1) is 33.2. The number of aromatic hydroxyl groups is 1. The number of carbonyl (C=O) groups is 1. The van der Waals surface area contributed by atoms with E-state index in [2.05, 4.69) is 15.7 Å². The number of alkyl halides is 1. The van der Waals surface area contributed by atoms with E-state index in [4.69, 9.17) is 9.72 Å². The zero-order valence-corrected chi connectivity index (χ0v) is 24.0. The summed E-state index contributed by atoms with van der Waals surface area (Å²) < 4.78 is 20.5. The molecule has 212 valence electrons. The Morgan fingerprint density at radius 2 is 1.84 bits per heavy atom. The lowest BCUT2D eigenvalue weighted by Gasteiger charge is -2.28. The number of benzene rings is 1. The predicted octanol–water partition coefficient (Wildman–Crippen LogP) is 4.33. The van der Waals surface area contributed by atoms with Gasteiger partial charge in [-0.1, -0.05) is 27.7 Å². The molecule has 0 saturated heterocycles. The maximum Gasteiger partial charge on any atom is 0.153 e. The molecule has 2 N–H and O–H groups in total. The zero-order chi connectivity index (χ0) is 28.8. The number of rotatable bonds is 8. The van der Waals surface area contributed by atoms with Gasteiger partial charge in [0.1, 0.15) is 18.5 Å². The van der Waals surface area contributed by atoms with Crippen LogP contribution in [0, 0.1) is 0 Å². The Balaban J connectivity index is 0.000000709. The second kappa shape index (κ2) is 16.9. The molecule has 3 heterocycles. The van der Waals surface area contributed by atoms with E-state index in [9.17, 15) is 19.4 Å². The fourth-order valence-corrected chi connectivity index (χ4v) is 4.22. The Morgan fingerprint density at radius 1 is 1.16 bits per heavy atom. The largest absolute Gasteiger partial charge is 0.508 e. The normalized spacial score (nSPS) is 14.3. The third kappa shape index (κ3) is 8.07. The van der Waals surface area contributed by atoms with E-state index < -0.39 is 6.10 Å². The molecule has 0 bridgehead atoms. The van der Waals surface area contributed by atoms with Crippen LogP contribution in [0.4, 0.5) is 4.39 Å². The topological polar surface area (TPSA) is 95.4 Å². The van der Waals surface area contributed by atoms with Crippen LogP contribution < -0.4 is 0 Å². The molecular formula is C29H44FN3O5. The van der Waals surface area contributed by atoms with Crippen LogP contribution in [0.2, 0.25) is 0 Å². The summed E-state index contributed by atoms with van der Waals surface area (Å²) in [5.41, 5.74) is 5.96. The fourth-order valence-electron chi connectivity index (χ4n) is 4.22. The standard InChI is InChI=1S/C22H25N3O4.C3H7FO.2C2H6/c1-24(2)10-17-16-6-13-8-25-9-14(12-29-3)15(21(28)11-26)7-19(25)22(13)23-18(16)4-5-20(17)27;1-5-3-2-4;2*1-2/h4-7,11,21,27-28H,8-10,12H2,1-3H3;2-3H2,1H3;2*1-2H3.